The predicted octanol–water partition coefficient (Wildman–Crippen LogP) is 4.53. The third-order valence-corrected chi connectivity index (χ3v) is 3.61. The fourth-order valence-electron chi connectivity index (χ4n) is 1.76. The SMILES string of the molecule is CNCc1nc(C(C)C)ncc1Oc1ccc(Br)cc1Cl. The zero-order chi connectivity index (χ0) is 15.4. The molecule has 0 fully saturated rings. The Kier molecular flexibility index (Phi) is 5.56. The van der Waals surface area contributed by atoms with Crippen LogP contribution in [0.4, 0.5) is 0 Å². The lowest BCUT2D eigenvalue weighted by Gasteiger charge is -2.13. The molecular weight excluding hydrogens is 354 g/mol. The Morgan fingerprint density at radius 1 is 1.33 bits per heavy atom. The first-order valence-corrected chi connectivity index (χ1v) is 7.81. The van der Waals surface area contributed by atoms with Crippen LogP contribution in [0.5, 0.6) is 11.5 Å². The molecule has 0 saturated carbocycles. The van der Waals surface area contributed by atoms with Crippen molar-refractivity contribution in [2.24, 2.45) is 0 Å². The van der Waals surface area contributed by atoms with Crippen molar-refractivity contribution < 1.29 is 4.74 Å². The van der Waals surface area contributed by atoms with Gasteiger partial charge in [0.1, 0.15) is 17.3 Å². The lowest BCUT2D eigenvalue weighted by molar-refractivity contribution is 0.464. The third kappa shape index (κ3) is 4.15. The fraction of sp³-hybridized carbons (Fsp3) is 0.333. The number of nitrogens with one attached hydrogen (secondary N) is 1. The fourth-order valence-corrected chi connectivity index (χ4v) is 2.47. The minimum absolute atomic E-state index is 0.269. The van der Waals surface area contributed by atoms with Gasteiger partial charge in [-0.2, -0.15) is 0 Å². The quantitative estimate of drug-likeness (QED) is 0.840. The van der Waals surface area contributed by atoms with Gasteiger partial charge in [0.05, 0.1) is 11.2 Å². The van der Waals surface area contributed by atoms with Crippen molar-refractivity contribution in [1.29, 1.82) is 0 Å². The van der Waals surface area contributed by atoms with Gasteiger partial charge in [0.25, 0.3) is 0 Å². The minimum atomic E-state index is 0.269. The van der Waals surface area contributed by atoms with E-state index < -0.39 is 0 Å². The van der Waals surface area contributed by atoms with E-state index in [0.717, 1.165) is 16.0 Å². The van der Waals surface area contributed by atoms with Gasteiger partial charge in [0.15, 0.2) is 5.75 Å². The standard InChI is InChI=1S/C15H17BrClN3O/c1-9(2)15-19-8-14(12(20-15)7-18-3)21-13-5-4-10(16)6-11(13)17/h4-6,8-9,18H,7H2,1-3H3. The molecule has 112 valence electrons. The van der Waals surface area contributed by atoms with E-state index >= 15 is 0 Å². The number of nitrogens with zero attached hydrogens (tertiary/aromatic N) is 2. The first-order valence-electron chi connectivity index (χ1n) is 6.64. The molecule has 0 spiro atoms. The molecule has 4 nitrogen and oxygen atoms in total. The first kappa shape index (κ1) is 16.2. The zero-order valence-electron chi connectivity index (χ0n) is 12.2. The van der Waals surface area contributed by atoms with Crippen LogP contribution in [0.1, 0.15) is 31.3 Å². The Labute approximate surface area is 138 Å². The largest absolute Gasteiger partial charge is 0.452 e. The molecule has 0 saturated heterocycles. The summed E-state index contributed by atoms with van der Waals surface area (Å²) in [5, 5.41) is 3.62. The molecule has 0 unspecified atom stereocenters. The maximum Gasteiger partial charge on any atom is 0.168 e. The molecule has 0 amide bonds. The van der Waals surface area contributed by atoms with Crippen molar-refractivity contribution in [2.45, 2.75) is 26.3 Å². The van der Waals surface area contributed by atoms with Crippen LogP contribution >= 0.6 is 27.5 Å². The Morgan fingerprint density at radius 2 is 2.10 bits per heavy atom. The van der Waals surface area contributed by atoms with Gasteiger partial charge in [-0.15, -0.1) is 0 Å². The lowest BCUT2D eigenvalue weighted by Crippen LogP contribution is -2.11. The summed E-state index contributed by atoms with van der Waals surface area (Å²) in [5.41, 5.74) is 0.815. The Bertz CT molecular complexity index is 634. The Morgan fingerprint density at radius 3 is 2.71 bits per heavy atom. The molecule has 0 atom stereocenters. The van der Waals surface area contributed by atoms with E-state index in [4.69, 9.17) is 16.3 Å². The maximum atomic E-state index is 6.18. The summed E-state index contributed by atoms with van der Waals surface area (Å²) in [6, 6.07) is 5.48. The highest BCUT2D eigenvalue weighted by atomic mass is 79.9. The summed E-state index contributed by atoms with van der Waals surface area (Å²) >= 11 is 9.55. The van der Waals surface area contributed by atoms with Gasteiger partial charge in [0.2, 0.25) is 0 Å². The molecule has 1 aromatic carbocycles. The molecule has 0 bridgehead atoms. The number of hydrogen-bond donors (Lipinski definition) is 1. The van der Waals surface area contributed by atoms with Crippen molar-refractivity contribution in [3.63, 3.8) is 0 Å². The van der Waals surface area contributed by atoms with Crippen LogP contribution < -0.4 is 10.1 Å². The number of ether oxygens (including phenoxy) is 1. The molecule has 0 aliphatic rings. The van der Waals surface area contributed by atoms with Crippen molar-refractivity contribution in [3.05, 3.63) is 45.4 Å². The molecule has 0 aliphatic carbocycles. The van der Waals surface area contributed by atoms with Crippen LogP contribution in [0.15, 0.2) is 28.9 Å². The average Bonchev–Trinajstić information content (AvgIpc) is 2.43. The van der Waals surface area contributed by atoms with Gasteiger partial charge >= 0.3 is 0 Å². The van der Waals surface area contributed by atoms with Crippen LogP contribution in [0.2, 0.25) is 5.02 Å². The number of hydrogen-bond acceptors (Lipinski definition) is 4. The second-order valence-corrected chi connectivity index (χ2v) is 6.22. The van der Waals surface area contributed by atoms with E-state index in [1.807, 2.05) is 19.2 Å². The topological polar surface area (TPSA) is 47.0 Å². The summed E-state index contributed by atoms with van der Waals surface area (Å²) < 4.78 is 6.77. The van der Waals surface area contributed by atoms with Gasteiger partial charge in [0, 0.05) is 16.9 Å². The molecular formula is C15H17BrClN3O. The van der Waals surface area contributed by atoms with Gasteiger partial charge in [-0.25, -0.2) is 9.97 Å². The third-order valence-electron chi connectivity index (χ3n) is 2.82. The number of aromatic nitrogens is 2. The van der Waals surface area contributed by atoms with Gasteiger partial charge in [-0.05, 0) is 25.2 Å². The minimum Gasteiger partial charge on any atom is -0.452 e. The molecule has 1 heterocycles. The Balaban J connectivity index is 2.34. The second-order valence-electron chi connectivity index (χ2n) is 4.90. The highest BCUT2D eigenvalue weighted by Crippen LogP contribution is 2.32. The summed E-state index contributed by atoms with van der Waals surface area (Å²) in [6.07, 6.45) is 1.70. The van der Waals surface area contributed by atoms with E-state index in [2.05, 4.69) is 45.1 Å². The van der Waals surface area contributed by atoms with Crippen LogP contribution in [0, 0.1) is 0 Å². The molecule has 6 heteroatoms. The molecule has 1 aromatic heterocycles. The summed E-state index contributed by atoms with van der Waals surface area (Å²) in [7, 11) is 1.87. The van der Waals surface area contributed by atoms with Crippen LogP contribution in [0.3, 0.4) is 0 Å². The molecule has 2 aromatic rings. The van der Waals surface area contributed by atoms with E-state index in [9.17, 15) is 0 Å². The van der Waals surface area contributed by atoms with Gasteiger partial charge in [-0.3, -0.25) is 0 Å². The molecule has 1 N–H and O–H groups in total. The number of benzene rings is 1. The van der Waals surface area contributed by atoms with E-state index in [0.29, 0.717) is 23.1 Å². The van der Waals surface area contributed by atoms with Crippen LogP contribution in [0.25, 0.3) is 0 Å². The molecule has 0 aliphatic heterocycles. The van der Waals surface area contributed by atoms with Crippen molar-refractivity contribution >= 4 is 27.5 Å². The zero-order valence-corrected chi connectivity index (χ0v) is 14.5. The predicted molar refractivity (Wildman–Crippen MR) is 88.1 cm³/mol. The monoisotopic (exact) mass is 369 g/mol. The van der Waals surface area contributed by atoms with Crippen molar-refractivity contribution in [2.75, 3.05) is 7.05 Å². The van der Waals surface area contributed by atoms with E-state index in [1.165, 1.54) is 0 Å². The van der Waals surface area contributed by atoms with Crippen molar-refractivity contribution in [3.8, 4) is 11.5 Å². The summed E-state index contributed by atoms with van der Waals surface area (Å²) in [6.45, 7) is 4.72. The smallest absolute Gasteiger partial charge is 0.168 e. The number of rotatable bonds is 5. The second kappa shape index (κ2) is 7.20. The van der Waals surface area contributed by atoms with Gasteiger partial charge in [-0.1, -0.05) is 41.4 Å². The molecule has 2 rings (SSSR count). The molecule has 0 radical (unpaired) electrons. The van der Waals surface area contributed by atoms with E-state index in [-0.39, 0.29) is 5.92 Å². The first-order chi connectivity index (χ1) is 10.0. The normalized spacial score (nSPS) is 11.0. The van der Waals surface area contributed by atoms with Crippen LogP contribution in [-0.4, -0.2) is 17.0 Å². The van der Waals surface area contributed by atoms with Crippen molar-refractivity contribution in [1.82, 2.24) is 15.3 Å². The highest BCUT2D eigenvalue weighted by Gasteiger charge is 2.12. The summed E-state index contributed by atoms with van der Waals surface area (Å²) in [4.78, 5) is 8.90. The Hall–Kier alpha value is -1.17. The maximum absolute atomic E-state index is 6.18. The highest BCUT2D eigenvalue weighted by molar-refractivity contribution is 9.10. The number of halogens is 2. The van der Waals surface area contributed by atoms with Crippen LogP contribution in [-0.2, 0) is 6.54 Å². The van der Waals surface area contributed by atoms with Gasteiger partial charge < -0.3 is 10.1 Å². The summed E-state index contributed by atoms with van der Waals surface area (Å²) in [5.74, 6) is 2.26. The lowest BCUT2D eigenvalue weighted by atomic mass is 10.2. The molecule has 21 heavy (non-hydrogen) atoms. The van der Waals surface area contributed by atoms with E-state index in [1.54, 1.807) is 12.3 Å². The average molecular weight is 371 g/mol.